The molecule has 5 rings (SSSR count). The Kier molecular flexibility index (Phi) is 8.01. The van der Waals surface area contributed by atoms with Crippen molar-refractivity contribution in [3.8, 4) is 22.6 Å². The van der Waals surface area contributed by atoms with Gasteiger partial charge in [-0.1, -0.05) is 32.1 Å². The van der Waals surface area contributed by atoms with Crippen molar-refractivity contribution >= 4 is 23.9 Å². The monoisotopic (exact) mass is 554 g/mol. The molecule has 2 aliphatic rings. The van der Waals surface area contributed by atoms with Crippen LogP contribution in [-0.2, 0) is 14.3 Å². The molecule has 41 heavy (non-hydrogen) atoms. The van der Waals surface area contributed by atoms with Crippen LogP contribution < -0.4 is 9.47 Å². The second kappa shape index (κ2) is 11.8. The molecule has 210 valence electrons. The van der Waals surface area contributed by atoms with Gasteiger partial charge in [-0.05, 0) is 96.5 Å². The molecule has 0 radical (unpaired) electrons. The van der Waals surface area contributed by atoms with Crippen molar-refractivity contribution in [1.82, 2.24) is 0 Å². The van der Waals surface area contributed by atoms with Gasteiger partial charge >= 0.3 is 23.9 Å². The molecule has 0 amide bonds. The summed E-state index contributed by atoms with van der Waals surface area (Å²) in [5, 5.41) is 9.04. The number of rotatable bonds is 8. The van der Waals surface area contributed by atoms with Gasteiger partial charge in [0.15, 0.2) is 0 Å². The summed E-state index contributed by atoms with van der Waals surface area (Å²) >= 11 is 0. The number of hydrogen-bond acceptors (Lipinski definition) is 7. The lowest BCUT2D eigenvalue weighted by atomic mass is 9.98. The highest BCUT2D eigenvalue weighted by Crippen LogP contribution is 2.47. The van der Waals surface area contributed by atoms with Crippen LogP contribution in [0.4, 0.5) is 0 Å². The third kappa shape index (κ3) is 6.22. The van der Waals surface area contributed by atoms with E-state index in [0.29, 0.717) is 11.5 Å². The van der Waals surface area contributed by atoms with Gasteiger partial charge in [-0.3, -0.25) is 4.79 Å². The molecular weight excluding hydrogens is 524 g/mol. The number of carboxylic acid groups (broad SMARTS) is 1. The lowest BCUT2D eigenvalue weighted by Gasteiger charge is -2.21. The Labute approximate surface area is 237 Å². The quantitative estimate of drug-likeness (QED) is 0.191. The number of esters is 3. The second-order valence-electron chi connectivity index (χ2n) is 10.4. The molecular formula is C33H30O8. The van der Waals surface area contributed by atoms with E-state index in [4.69, 9.17) is 19.3 Å². The molecule has 0 saturated heterocycles. The number of carbonyl (C=O) groups excluding carboxylic acids is 3. The number of aromatic carboxylic acids is 1. The first-order valence-electron chi connectivity index (χ1n) is 13.6. The second-order valence-corrected chi connectivity index (χ2v) is 10.4. The third-order valence-electron chi connectivity index (χ3n) is 7.55. The van der Waals surface area contributed by atoms with Crippen LogP contribution in [0.15, 0.2) is 72.8 Å². The van der Waals surface area contributed by atoms with Crippen LogP contribution in [0.5, 0.6) is 11.5 Å². The fourth-order valence-electron chi connectivity index (χ4n) is 5.33. The average Bonchev–Trinajstić information content (AvgIpc) is 3.24. The first kappa shape index (κ1) is 27.8. The van der Waals surface area contributed by atoms with Crippen molar-refractivity contribution in [3.05, 3.63) is 95.1 Å². The van der Waals surface area contributed by atoms with E-state index in [2.05, 4.69) is 6.58 Å². The predicted molar refractivity (Wildman–Crippen MR) is 150 cm³/mol. The lowest BCUT2D eigenvalue weighted by Crippen LogP contribution is -2.22. The first-order valence-corrected chi connectivity index (χ1v) is 13.6. The largest absolute Gasteiger partial charge is 0.478 e. The van der Waals surface area contributed by atoms with Crippen molar-refractivity contribution in [1.29, 1.82) is 0 Å². The molecule has 1 N–H and O–H groups in total. The molecule has 8 heteroatoms. The standard InChI is InChI=1S/C33H30O8/c1-19(16-30(34)39-23-6-4-3-5-7-23)32(37)40-24-12-14-26-27-15-13-25(18-29(27)20(2)28(26)17-24)41-33(38)22-10-8-21(9-11-22)31(35)36/h8-15,17-18,20,23H,1,3-7,16H2,2H3,(H,35,36). The van der Waals surface area contributed by atoms with Crippen LogP contribution in [0.3, 0.4) is 0 Å². The Bertz CT molecular complexity index is 1530. The highest BCUT2D eigenvalue weighted by atomic mass is 16.5. The van der Waals surface area contributed by atoms with E-state index in [-0.39, 0.29) is 35.1 Å². The minimum Gasteiger partial charge on any atom is -0.478 e. The minimum atomic E-state index is -1.07. The van der Waals surface area contributed by atoms with Crippen LogP contribution in [-0.4, -0.2) is 35.1 Å². The third-order valence-corrected chi connectivity index (χ3v) is 7.55. The molecule has 8 nitrogen and oxygen atoms in total. The summed E-state index contributed by atoms with van der Waals surface area (Å²) in [4.78, 5) is 48.6. The zero-order valence-corrected chi connectivity index (χ0v) is 22.7. The molecule has 0 aliphatic heterocycles. The minimum absolute atomic E-state index is 0.0340. The molecule has 2 aliphatic carbocycles. The lowest BCUT2D eigenvalue weighted by molar-refractivity contribution is -0.150. The van der Waals surface area contributed by atoms with Crippen LogP contribution >= 0.6 is 0 Å². The first-order chi connectivity index (χ1) is 19.7. The normalized spacial score (nSPS) is 15.8. The summed E-state index contributed by atoms with van der Waals surface area (Å²) in [6, 6.07) is 16.3. The molecule has 1 saturated carbocycles. The number of hydrogen-bond donors (Lipinski definition) is 1. The van der Waals surface area contributed by atoms with Crippen molar-refractivity contribution in [2.75, 3.05) is 0 Å². The van der Waals surface area contributed by atoms with Gasteiger partial charge in [0, 0.05) is 11.5 Å². The molecule has 0 aromatic heterocycles. The number of carboxylic acids is 1. The molecule has 1 unspecified atom stereocenters. The Morgan fingerprint density at radius 1 is 0.805 bits per heavy atom. The summed E-state index contributed by atoms with van der Waals surface area (Å²) in [6.45, 7) is 5.73. The van der Waals surface area contributed by atoms with E-state index in [1.807, 2.05) is 19.1 Å². The maximum absolute atomic E-state index is 12.6. The summed E-state index contributed by atoms with van der Waals surface area (Å²) in [5.41, 5.74) is 4.20. The van der Waals surface area contributed by atoms with Crippen molar-refractivity contribution in [2.24, 2.45) is 0 Å². The zero-order valence-electron chi connectivity index (χ0n) is 22.7. The van der Waals surface area contributed by atoms with E-state index >= 15 is 0 Å². The van der Waals surface area contributed by atoms with Gasteiger partial charge in [-0.25, -0.2) is 14.4 Å². The molecule has 1 atom stereocenters. The molecule has 3 aromatic carbocycles. The van der Waals surface area contributed by atoms with E-state index in [9.17, 15) is 19.2 Å². The van der Waals surface area contributed by atoms with E-state index in [1.165, 1.54) is 24.3 Å². The van der Waals surface area contributed by atoms with Crippen molar-refractivity contribution in [3.63, 3.8) is 0 Å². The fraction of sp³-hybridized carbons (Fsp3) is 0.273. The van der Waals surface area contributed by atoms with Gasteiger partial charge in [0.1, 0.15) is 17.6 Å². The van der Waals surface area contributed by atoms with Gasteiger partial charge in [-0.2, -0.15) is 0 Å². The summed E-state index contributed by atoms with van der Waals surface area (Å²) in [7, 11) is 0. The van der Waals surface area contributed by atoms with E-state index in [1.54, 1.807) is 24.3 Å². The van der Waals surface area contributed by atoms with E-state index < -0.39 is 23.9 Å². The SMILES string of the molecule is C=C(CC(=O)OC1CCCCC1)C(=O)Oc1ccc2c(c1)C(C)c1cc(OC(=O)c3ccc(C(=O)O)cc3)ccc1-2. The predicted octanol–water partition coefficient (Wildman–Crippen LogP) is 6.46. The molecule has 1 fully saturated rings. The summed E-state index contributed by atoms with van der Waals surface area (Å²) in [5.74, 6) is -2.19. The summed E-state index contributed by atoms with van der Waals surface area (Å²) in [6.07, 6.45) is 4.63. The van der Waals surface area contributed by atoms with E-state index in [0.717, 1.165) is 54.4 Å². The van der Waals surface area contributed by atoms with Crippen LogP contribution in [0.25, 0.3) is 11.1 Å². The maximum Gasteiger partial charge on any atom is 0.343 e. The maximum atomic E-state index is 12.6. The average molecular weight is 555 g/mol. The molecule has 0 bridgehead atoms. The van der Waals surface area contributed by atoms with Crippen LogP contribution in [0, 0.1) is 0 Å². The smallest absolute Gasteiger partial charge is 0.343 e. The van der Waals surface area contributed by atoms with Crippen LogP contribution in [0.2, 0.25) is 0 Å². The number of carbonyl (C=O) groups is 4. The van der Waals surface area contributed by atoms with Gasteiger partial charge in [0.25, 0.3) is 0 Å². The Morgan fingerprint density at radius 2 is 1.37 bits per heavy atom. The van der Waals surface area contributed by atoms with Crippen molar-refractivity contribution in [2.45, 2.75) is 57.5 Å². The Hall–Kier alpha value is -4.72. The Morgan fingerprint density at radius 3 is 1.95 bits per heavy atom. The fourth-order valence-corrected chi connectivity index (χ4v) is 5.33. The van der Waals surface area contributed by atoms with Crippen LogP contribution in [0.1, 0.15) is 83.2 Å². The number of benzene rings is 3. The number of ether oxygens (including phenoxy) is 3. The zero-order chi connectivity index (χ0) is 29.1. The topological polar surface area (TPSA) is 116 Å². The van der Waals surface area contributed by atoms with Gasteiger partial charge in [0.05, 0.1) is 17.5 Å². The highest BCUT2D eigenvalue weighted by Gasteiger charge is 2.28. The highest BCUT2D eigenvalue weighted by molar-refractivity contribution is 5.95. The summed E-state index contributed by atoms with van der Waals surface area (Å²) < 4.78 is 16.6. The molecule has 3 aromatic rings. The number of fused-ring (bicyclic) bond motifs is 3. The molecule has 0 spiro atoms. The Balaban J connectivity index is 1.22. The van der Waals surface area contributed by atoms with Gasteiger partial charge < -0.3 is 19.3 Å². The van der Waals surface area contributed by atoms with Crippen molar-refractivity contribution < 1.29 is 38.5 Å². The van der Waals surface area contributed by atoms with Gasteiger partial charge in [-0.15, -0.1) is 0 Å². The molecule has 0 heterocycles. The van der Waals surface area contributed by atoms with Gasteiger partial charge in [0.2, 0.25) is 0 Å².